The summed E-state index contributed by atoms with van der Waals surface area (Å²) in [5, 5.41) is 0. The molecule has 0 aromatic rings. The lowest BCUT2D eigenvalue weighted by Crippen LogP contribution is -2.11. The van der Waals surface area contributed by atoms with Gasteiger partial charge in [0, 0.05) is 6.61 Å². The van der Waals surface area contributed by atoms with Crippen LogP contribution in [0.2, 0.25) is 0 Å². The Balaban J connectivity index is 3.17. The molecule has 0 radical (unpaired) electrons. The standard InChI is InChI=1S/C10H22OS/c1-4-10(8-12)7-11-6-5-9(2)3/h9-10,12H,4-8H2,1-3H3. The molecular formula is C10H22OS. The fourth-order valence-corrected chi connectivity index (χ4v) is 1.23. The highest BCUT2D eigenvalue weighted by Crippen LogP contribution is 2.06. The van der Waals surface area contributed by atoms with Crippen LogP contribution in [0.5, 0.6) is 0 Å². The molecule has 1 unspecified atom stereocenters. The maximum Gasteiger partial charge on any atom is 0.0501 e. The minimum atomic E-state index is 0.639. The van der Waals surface area contributed by atoms with Crippen molar-refractivity contribution in [2.24, 2.45) is 11.8 Å². The third-order valence-electron chi connectivity index (χ3n) is 2.03. The van der Waals surface area contributed by atoms with Gasteiger partial charge in [-0.3, -0.25) is 0 Å². The largest absolute Gasteiger partial charge is 0.381 e. The Labute approximate surface area is 82.3 Å². The van der Waals surface area contributed by atoms with Gasteiger partial charge in [0.05, 0.1) is 6.61 Å². The highest BCUT2D eigenvalue weighted by Gasteiger charge is 2.03. The second kappa shape index (κ2) is 7.93. The van der Waals surface area contributed by atoms with Crippen LogP contribution in [0.4, 0.5) is 0 Å². The van der Waals surface area contributed by atoms with Crippen molar-refractivity contribution in [1.29, 1.82) is 0 Å². The molecule has 0 aliphatic rings. The molecule has 0 aromatic carbocycles. The van der Waals surface area contributed by atoms with E-state index in [0.29, 0.717) is 5.92 Å². The fourth-order valence-electron chi connectivity index (χ4n) is 0.869. The van der Waals surface area contributed by atoms with Gasteiger partial charge in [0.25, 0.3) is 0 Å². The Bertz CT molecular complexity index is 89.8. The van der Waals surface area contributed by atoms with Gasteiger partial charge in [0.1, 0.15) is 0 Å². The summed E-state index contributed by atoms with van der Waals surface area (Å²) < 4.78 is 5.54. The quantitative estimate of drug-likeness (QED) is 0.479. The van der Waals surface area contributed by atoms with Gasteiger partial charge in [-0.15, -0.1) is 0 Å². The molecule has 1 atom stereocenters. The number of thiol groups is 1. The van der Waals surface area contributed by atoms with Gasteiger partial charge < -0.3 is 4.74 Å². The molecule has 0 saturated heterocycles. The van der Waals surface area contributed by atoms with Gasteiger partial charge in [-0.25, -0.2) is 0 Å². The van der Waals surface area contributed by atoms with Gasteiger partial charge in [-0.1, -0.05) is 27.2 Å². The van der Waals surface area contributed by atoms with Crippen LogP contribution < -0.4 is 0 Å². The fraction of sp³-hybridized carbons (Fsp3) is 1.00. The van der Waals surface area contributed by atoms with Crippen molar-refractivity contribution in [3.05, 3.63) is 0 Å². The minimum absolute atomic E-state index is 0.639. The SMILES string of the molecule is CCC(CS)COCCC(C)C. The van der Waals surface area contributed by atoms with Gasteiger partial charge in [0.15, 0.2) is 0 Å². The molecule has 0 heterocycles. The Morgan fingerprint density at radius 3 is 2.42 bits per heavy atom. The zero-order valence-corrected chi connectivity index (χ0v) is 9.44. The molecule has 0 rings (SSSR count). The lowest BCUT2D eigenvalue weighted by molar-refractivity contribution is 0.0964. The predicted octanol–water partition coefficient (Wildman–Crippen LogP) is 3.01. The van der Waals surface area contributed by atoms with Crippen molar-refractivity contribution in [2.45, 2.75) is 33.6 Å². The first-order valence-electron chi connectivity index (χ1n) is 4.89. The normalized spacial score (nSPS) is 13.8. The average Bonchev–Trinajstić information content (AvgIpc) is 2.04. The third-order valence-corrected chi connectivity index (χ3v) is 2.55. The second-order valence-corrected chi connectivity index (χ2v) is 4.08. The van der Waals surface area contributed by atoms with Crippen LogP contribution in [0.1, 0.15) is 33.6 Å². The molecule has 0 N–H and O–H groups in total. The van der Waals surface area contributed by atoms with Crippen LogP contribution in [0.3, 0.4) is 0 Å². The second-order valence-electron chi connectivity index (χ2n) is 3.71. The number of ether oxygens (including phenoxy) is 1. The molecule has 0 aromatic heterocycles. The van der Waals surface area contributed by atoms with E-state index in [0.717, 1.165) is 24.9 Å². The smallest absolute Gasteiger partial charge is 0.0501 e. The van der Waals surface area contributed by atoms with Crippen molar-refractivity contribution in [2.75, 3.05) is 19.0 Å². The van der Waals surface area contributed by atoms with Crippen LogP contribution in [-0.4, -0.2) is 19.0 Å². The molecule has 0 bridgehead atoms. The summed E-state index contributed by atoms with van der Waals surface area (Å²) in [6, 6.07) is 0. The van der Waals surface area contributed by atoms with Gasteiger partial charge in [0.2, 0.25) is 0 Å². The van der Waals surface area contributed by atoms with Crippen molar-refractivity contribution in [3.8, 4) is 0 Å². The zero-order valence-electron chi connectivity index (χ0n) is 8.55. The third kappa shape index (κ3) is 6.99. The predicted molar refractivity (Wildman–Crippen MR) is 57.9 cm³/mol. The van der Waals surface area contributed by atoms with Crippen molar-refractivity contribution < 1.29 is 4.74 Å². The van der Waals surface area contributed by atoms with Crippen LogP contribution in [0.25, 0.3) is 0 Å². The molecule has 0 amide bonds. The zero-order chi connectivity index (χ0) is 9.40. The molecule has 74 valence electrons. The van der Waals surface area contributed by atoms with Gasteiger partial charge in [-0.2, -0.15) is 12.6 Å². The monoisotopic (exact) mass is 190 g/mol. The van der Waals surface area contributed by atoms with Gasteiger partial charge >= 0.3 is 0 Å². The maximum atomic E-state index is 5.54. The molecule has 2 heteroatoms. The van der Waals surface area contributed by atoms with E-state index in [1.807, 2.05) is 0 Å². The Hall–Kier alpha value is 0.310. The molecule has 0 aliphatic carbocycles. The van der Waals surface area contributed by atoms with Crippen LogP contribution in [0, 0.1) is 11.8 Å². The number of hydrogen-bond acceptors (Lipinski definition) is 2. The van der Waals surface area contributed by atoms with Crippen LogP contribution >= 0.6 is 12.6 Å². The first-order chi connectivity index (χ1) is 5.70. The highest BCUT2D eigenvalue weighted by atomic mass is 32.1. The van der Waals surface area contributed by atoms with Crippen molar-refractivity contribution in [1.82, 2.24) is 0 Å². The number of hydrogen-bond donors (Lipinski definition) is 1. The Morgan fingerprint density at radius 1 is 1.33 bits per heavy atom. The first kappa shape index (κ1) is 12.3. The summed E-state index contributed by atoms with van der Waals surface area (Å²) >= 11 is 4.26. The topological polar surface area (TPSA) is 9.23 Å². The molecule has 0 spiro atoms. The summed E-state index contributed by atoms with van der Waals surface area (Å²) in [4.78, 5) is 0. The van der Waals surface area contributed by atoms with E-state index in [9.17, 15) is 0 Å². The molecule has 0 fully saturated rings. The maximum absolute atomic E-state index is 5.54. The average molecular weight is 190 g/mol. The summed E-state index contributed by atoms with van der Waals surface area (Å²) in [5.74, 6) is 2.33. The van der Waals surface area contributed by atoms with Crippen molar-refractivity contribution >= 4 is 12.6 Å². The highest BCUT2D eigenvalue weighted by molar-refractivity contribution is 7.80. The lowest BCUT2D eigenvalue weighted by atomic mass is 10.1. The first-order valence-corrected chi connectivity index (χ1v) is 5.52. The van der Waals surface area contributed by atoms with E-state index in [4.69, 9.17) is 4.74 Å². The minimum Gasteiger partial charge on any atom is -0.381 e. The summed E-state index contributed by atoms with van der Waals surface area (Å²) in [6.45, 7) is 8.42. The van der Waals surface area contributed by atoms with E-state index in [1.165, 1.54) is 12.8 Å². The summed E-state index contributed by atoms with van der Waals surface area (Å²) in [6.07, 6.45) is 2.34. The lowest BCUT2D eigenvalue weighted by Gasteiger charge is -2.12. The van der Waals surface area contributed by atoms with E-state index in [1.54, 1.807) is 0 Å². The Kier molecular flexibility index (Phi) is 8.14. The molecule has 1 nitrogen and oxygen atoms in total. The van der Waals surface area contributed by atoms with E-state index in [-0.39, 0.29) is 0 Å². The Morgan fingerprint density at radius 2 is 2.00 bits per heavy atom. The van der Waals surface area contributed by atoms with Gasteiger partial charge in [-0.05, 0) is 24.0 Å². The number of rotatable bonds is 7. The molecule has 0 saturated carbocycles. The van der Waals surface area contributed by atoms with E-state index in [2.05, 4.69) is 33.4 Å². The summed E-state index contributed by atoms with van der Waals surface area (Å²) in [5.41, 5.74) is 0. The van der Waals surface area contributed by atoms with E-state index < -0.39 is 0 Å². The molecule has 0 aliphatic heterocycles. The van der Waals surface area contributed by atoms with Crippen molar-refractivity contribution in [3.63, 3.8) is 0 Å². The summed E-state index contributed by atoms with van der Waals surface area (Å²) in [7, 11) is 0. The van der Waals surface area contributed by atoms with E-state index >= 15 is 0 Å². The van der Waals surface area contributed by atoms with Crippen LogP contribution in [-0.2, 0) is 4.74 Å². The molecule has 12 heavy (non-hydrogen) atoms. The van der Waals surface area contributed by atoms with Crippen LogP contribution in [0.15, 0.2) is 0 Å². The molecular weight excluding hydrogens is 168 g/mol.